The molecule has 14 heavy (non-hydrogen) atoms. The average Bonchev–Trinajstić information content (AvgIpc) is 2.54. The van der Waals surface area contributed by atoms with Crippen molar-refractivity contribution >= 4 is 16.7 Å². The molecule has 3 nitrogen and oxygen atoms in total. The first-order chi connectivity index (χ1) is 6.83. The van der Waals surface area contributed by atoms with E-state index in [-0.39, 0.29) is 6.61 Å². The Hall–Kier alpha value is -1.48. The highest BCUT2D eigenvalue weighted by atomic mass is 16.3. The Morgan fingerprint density at radius 3 is 2.86 bits per heavy atom. The summed E-state index contributed by atoms with van der Waals surface area (Å²) in [5.74, 6) is 1.04. The minimum atomic E-state index is 0.154. The van der Waals surface area contributed by atoms with Gasteiger partial charge in [0, 0.05) is 24.5 Å². The van der Waals surface area contributed by atoms with Crippen LogP contribution >= 0.6 is 0 Å². The molecule has 1 aromatic carbocycles. The average molecular weight is 190 g/mol. The van der Waals surface area contributed by atoms with Gasteiger partial charge in [0.25, 0.3) is 0 Å². The Bertz CT molecular complexity index is 434. The van der Waals surface area contributed by atoms with Crippen LogP contribution in [0, 0.1) is 0 Å². The molecule has 3 heteroatoms. The molecule has 0 aliphatic carbocycles. The molecule has 2 aromatic rings. The van der Waals surface area contributed by atoms with E-state index in [1.165, 1.54) is 10.9 Å². The van der Waals surface area contributed by atoms with E-state index >= 15 is 0 Å². The Morgan fingerprint density at radius 1 is 1.36 bits per heavy atom. The van der Waals surface area contributed by atoms with Crippen molar-refractivity contribution in [2.45, 2.75) is 0 Å². The molecule has 0 amide bonds. The van der Waals surface area contributed by atoms with E-state index in [0.717, 1.165) is 5.82 Å². The van der Waals surface area contributed by atoms with Gasteiger partial charge < -0.3 is 15.0 Å². The quantitative estimate of drug-likeness (QED) is 0.771. The van der Waals surface area contributed by atoms with Crippen LogP contribution in [0.3, 0.4) is 0 Å². The van der Waals surface area contributed by atoms with Crippen molar-refractivity contribution in [3.05, 3.63) is 30.3 Å². The lowest BCUT2D eigenvalue weighted by molar-refractivity contribution is 0.311. The summed E-state index contributed by atoms with van der Waals surface area (Å²) in [6.07, 6.45) is 0. The number of aliphatic hydroxyl groups is 1. The third kappa shape index (κ3) is 1.46. The van der Waals surface area contributed by atoms with Crippen LogP contribution in [0.4, 0.5) is 5.82 Å². The van der Waals surface area contributed by atoms with Gasteiger partial charge in [0.1, 0.15) is 5.82 Å². The van der Waals surface area contributed by atoms with E-state index in [2.05, 4.69) is 28.1 Å². The van der Waals surface area contributed by atoms with Crippen LogP contribution < -0.4 is 5.32 Å². The second kappa shape index (κ2) is 3.72. The van der Waals surface area contributed by atoms with E-state index in [9.17, 15) is 0 Å². The number of fused-ring (bicyclic) bond motifs is 1. The molecule has 0 saturated carbocycles. The largest absolute Gasteiger partial charge is 0.395 e. The van der Waals surface area contributed by atoms with E-state index in [0.29, 0.717) is 6.54 Å². The molecule has 1 aromatic heterocycles. The fraction of sp³-hybridized carbons (Fsp3) is 0.273. The molecule has 0 spiro atoms. The molecule has 2 rings (SSSR count). The summed E-state index contributed by atoms with van der Waals surface area (Å²) in [5.41, 5.74) is 1.20. The van der Waals surface area contributed by atoms with E-state index in [1.54, 1.807) is 0 Å². The molecular weight excluding hydrogens is 176 g/mol. The molecule has 74 valence electrons. The lowest BCUT2D eigenvalue weighted by Gasteiger charge is -2.05. The molecule has 0 unspecified atom stereocenters. The summed E-state index contributed by atoms with van der Waals surface area (Å²) >= 11 is 0. The minimum Gasteiger partial charge on any atom is -0.395 e. The number of nitrogens with one attached hydrogen (secondary N) is 1. The zero-order valence-corrected chi connectivity index (χ0v) is 8.20. The number of benzene rings is 1. The van der Waals surface area contributed by atoms with Crippen molar-refractivity contribution in [2.24, 2.45) is 7.05 Å². The van der Waals surface area contributed by atoms with Crippen LogP contribution in [-0.2, 0) is 7.05 Å². The van der Waals surface area contributed by atoms with Crippen molar-refractivity contribution in [1.82, 2.24) is 4.57 Å². The normalized spacial score (nSPS) is 10.7. The number of nitrogens with zero attached hydrogens (tertiary/aromatic N) is 1. The maximum Gasteiger partial charge on any atom is 0.106 e. The lowest BCUT2D eigenvalue weighted by Crippen LogP contribution is -2.08. The van der Waals surface area contributed by atoms with Gasteiger partial charge in [-0.15, -0.1) is 0 Å². The van der Waals surface area contributed by atoms with Gasteiger partial charge in [-0.05, 0) is 12.1 Å². The van der Waals surface area contributed by atoms with Crippen LogP contribution in [0.1, 0.15) is 0 Å². The molecule has 0 bridgehead atoms. The van der Waals surface area contributed by atoms with Crippen LogP contribution in [-0.4, -0.2) is 22.8 Å². The van der Waals surface area contributed by atoms with Crippen molar-refractivity contribution < 1.29 is 5.11 Å². The molecule has 0 saturated heterocycles. The van der Waals surface area contributed by atoms with Crippen LogP contribution in [0.5, 0.6) is 0 Å². The molecule has 0 aliphatic rings. The molecule has 0 radical (unpaired) electrons. The van der Waals surface area contributed by atoms with Gasteiger partial charge in [0.2, 0.25) is 0 Å². The highest BCUT2D eigenvalue weighted by molar-refractivity contribution is 5.84. The molecule has 1 heterocycles. The summed E-state index contributed by atoms with van der Waals surface area (Å²) < 4.78 is 2.09. The van der Waals surface area contributed by atoms with E-state index in [1.807, 2.05) is 19.2 Å². The summed E-state index contributed by atoms with van der Waals surface area (Å²) in [6.45, 7) is 0.742. The van der Waals surface area contributed by atoms with Crippen LogP contribution in [0.15, 0.2) is 30.3 Å². The van der Waals surface area contributed by atoms with Crippen LogP contribution in [0.25, 0.3) is 10.9 Å². The van der Waals surface area contributed by atoms with Gasteiger partial charge in [0.15, 0.2) is 0 Å². The Kier molecular flexibility index (Phi) is 2.41. The summed E-state index contributed by atoms with van der Waals surface area (Å²) in [5, 5.41) is 13.1. The molecular formula is C11H14N2O. The second-order valence-corrected chi connectivity index (χ2v) is 3.30. The zero-order chi connectivity index (χ0) is 9.97. The van der Waals surface area contributed by atoms with Crippen molar-refractivity contribution in [1.29, 1.82) is 0 Å². The first-order valence-corrected chi connectivity index (χ1v) is 4.72. The number of anilines is 1. The maximum absolute atomic E-state index is 8.72. The number of aliphatic hydroxyl groups excluding tert-OH is 1. The Morgan fingerprint density at radius 2 is 2.14 bits per heavy atom. The highest BCUT2D eigenvalue weighted by Crippen LogP contribution is 2.21. The molecule has 0 atom stereocenters. The number of para-hydroxylation sites is 1. The summed E-state index contributed by atoms with van der Waals surface area (Å²) in [7, 11) is 2.02. The van der Waals surface area contributed by atoms with Gasteiger partial charge in [-0.2, -0.15) is 0 Å². The predicted octanol–water partition coefficient (Wildman–Crippen LogP) is 1.58. The zero-order valence-electron chi connectivity index (χ0n) is 8.20. The highest BCUT2D eigenvalue weighted by Gasteiger charge is 2.02. The minimum absolute atomic E-state index is 0.154. The first-order valence-electron chi connectivity index (χ1n) is 4.72. The number of hydrogen-bond donors (Lipinski definition) is 2. The second-order valence-electron chi connectivity index (χ2n) is 3.30. The SMILES string of the molecule is Cn1c(NCCO)cc2ccccc21. The van der Waals surface area contributed by atoms with Crippen molar-refractivity contribution in [2.75, 3.05) is 18.5 Å². The van der Waals surface area contributed by atoms with E-state index < -0.39 is 0 Å². The summed E-state index contributed by atoms with van der Waals surface area (Å²) in [4.78, 5) is 0. The van der Waals surface area contributed by atoms with Crippen molar-refractivity contribution in [3.8, 4) is 0 Å². The van der Waals surface area contributed by atoms with Gasteiger partial charge in [0.05, 0.1) is 6.61 Å². The number of hydrogen-bond acceptors (Lipinski definition) is 2. The van der Waals surface area contributed by atoms with Crippen molar-refractivity contribution in [3.63, 3.8) is 0 Å². The smallest absolute Gasteiger partial charge is 0.106 e. The standard InChI is InChI=1S/C11H14N2O/c1-13-10-5-3-2-4-9(10)8-11(13)12-6-7-14/h2-5,8,12,14H,6-7H2,1H3. The van der Waals surface area contributed by atoms with Gasteiger partial charge in [-0.1, -0.05) is 18.2 Å². The number of aryl methyl sites for hydroxylation is 1. The van der Waals surface area contributed by atoms with Gasteiger partial charge in [-0.3, -0.25) is 0 Å². The third-order valence-corrected chi connectivity index (χ3v) is 2.37. The molecule has 2 N–H and O–H groups in total. The lowest BCUT2D eigenvalue weighted by atomic mass is 10.2. The summed E-state index contributed by atoms with van der Waals surface area (Å²) in [6, 6.07) is 10.3. The Balaban J connectivity index is 2.41. The fourth-order valence-corrected chi connectivity index (χ4v) is 1.64. The van der Waals surface area contributed by atoms with Gasteiger partial charge >= 0.3 is 0 Å². The fourth-order valence-electron chi connectivity index (χ4n) is 1.64. The number of aromatic nitrogens is 1. The Labute approximate surface area is 83.0 Å². The molecule has 0 fully saturated rings. The number of rotatable bonds is 3. The molecule has 0 aliphatic heterocycles. The predicted molar refractivity (Wildman–Crippen MR) is 58.5 cm³/mol. The maximum atomic E-state index is 8.72. The van der Waals surface area contributed by atoms with Crippen LogP contribution in [0.2, 0.25) is 0 Å². The third-order valence-electron chi connectivity index (χ3n) is 2.37. The monoisotopic (exact) mass is 190 g/mol. The first kappa shape index (κ1) is 9.09. The van der Waals surface area contributed by atoms with Gasteiger partial charge in [-0.25, -0.2) is 0 Å². The van der Waals surface area contributed by atoms with E-state index in [4.69, 9.17) is 5.11 Å². The topological polar surface area (TPSA) is 37.2 Å².